The molecule has 0 saturated heterocycles. The number of Topliss-reactive ketones (excluding diaryl/α,β-unsaturated/α-hetero) is 1. The van der Waals surface area contributed by atoms with E-state index in [4.69, 9.17) is 21.1 Å². The van der Waals surface area contributed by atoms with Crippen molar-refractivity contribution in [3.63, 3.8) is 0 Å². The van der Waals surface area contributed by atoms with E-state index in [0.29, 0.717) is 16.3 Å². The van der Waals surface area contributed by atoms with Gasteiger partial charge in [0.05, 0.1) is 0 Å². The van der Waals surface area contributed by atoms with Crippen LogP contribution in [0.15, 0.2) is 66.7 Å². The van der Waals surface area contributed by atoms with Crippen LogP contribution in [0.5, 0.6) is 5.75 Å². The van der Waals surface area contributed by atoms with Crippen molar-refractivity contribution in [1.29, 1.82) is 0 Å². The SMILES string of the molecule is O=C(COc1cccc2ccccc12)OCC(=O)c1ccc(Cl)cc1. The van der Waals surface area contributed by atoms with Crippen LogP contribution in [0.4, 0.5) is 0 Å². The lowest BCUT2D eigenvalue weighted by atomic mass is 10.1. The van der Waals surface area contributed by atoms with Crippen molar-refractivity contribution >= 4 is 34.1 Å². The zero-order valence-electron chi connectivity index (χ0n) is 13.3. The van der Waals surface area contributed by atoms with Gasteiger partial charge in [0.25, 0.3) is 0 Å². The first kappa shape index (κ1) is 17.0. The molecule has 5 heteroatoms. The largest absolute Gasteiger partial charge is 0.481 e. The maximum atomic E-state index is 11.9. The number of benzene rings is 3. The molecular formula is C20H15ClO4. The maximum Gasteiger partial charge on any atom is 0.344 e. The molecule has 0 amide bonds. The van der Waals surface area contributed by atoms with Crippen molar-refractivity contribution in [2.45, 2.75) is 0 Å². The lowest BCUT2D eigenvalue weighted by molar-refractivity contribution is -0.144. The van der Waals surface area contributed by atoms with Crippen molar-refractivity contribution in [2.75, 3.05) is 13.2 Å². The molecule has 0 unspecified atom stereocenters. The fraction of sp³-hybridized carbons (Fsp3) is 0.100. The molecule has 0 aliphatic carbocycles. The fourth-order valence-electron chi connectivity index (χ4n) is 2.37. The van der Waals surface area contributed by atoms with E-state index in [-0.39, 0.29) is 19.0 Å². The van der Waals surface area contributed by atoms with Gasteiger partial charge in [-0.1, -0.05) is 48.0 Å². The predicted molar refractivity (Wildman–Crippen MR) is 96.2 cm³/mol. The molecule has 0 heterocycles. The highest BCUT2D eigenvalue weighted by Gasteiger charge is 2.11. The zero-order valence-corrected chi connectivity index (χ0v) is 14.0. The van der Waals surface area contributed by atoms with Gasteiger partial charge in [-0.25, -0.2) is 4.79 Å². The molecule has 0 fully saturated rings. The quantitative estimate of drug-likeness (QED) is 0.489. The van der Waals surface area contributed by atoms with Gasteiger partial charge in [0.15, 0.2) is 19.0 Å². The zero-order chi connectivity index (χ0) is 17.6. The van der Waals surface area contributed by atoms with E-state index < -0.39 is 5.97 Å². The summed E-state index contributed by atoms with van der Waals surface area (Å²) < 4.78 is 10.5. The lowest BCUT2D eigenvalue weighted by Crippen LogP contribution is -2.19. The molecule has 0 spiro atoms. The predicted octanol–water partition coefficient (Wildman–Crippen LogP) is 4.30. The van der Waals surface area contributed by atoms with Crippen LogP contribution in [0.25, 0.3) is 10.8 Å². The fourth-order valence-corrected chi connectivity index (χ4v) is 2.49. The van der Waals surface area contributed by atoms with E-state index in [1.165, 1.54) is 0 Å². The third-order valence-electron chi connectivity index (χ3n) is 3.63. The van der Waals surface area contributed by atoms with Crippen molar-refractivity contribution in [1.82, 2.24) is 0 Å². The molecule has 0 aromatic heterocycles. The summed E-state index contributed by atoms with van der Waals surface area (Å²) in [5, 5.41) is 2.47. The minimum atomic E-state index is -0.602. The van der Waals surface area contributed by atoms with Gasteiger partial charge in [0.2, 0.25) is 0 Å². The third kappa shape index (κ3) is 4.37. The summed E-state index contributed by atoms with van der Waals surface area (Å²) in [5.74, 6) is -0.301. The Morgan fingerprint density at radius 2 is 1.56 bits per heavy atom. The minimum absolute atomic E-state index is 0.262. The molecule has 0 aliphatic rings. The highest BCUT2D eigenvalue weighted by Crippen LogP contribution is 2.25. The van der Waals surface area contributed by atoms with Crippen LogP contribution in [0.1, 0.15) is 10.4 Å². The number of hydrogen-bond acceptors (Lipinski definition) is 4. The van der Waals surface area contributed by atoms with Crippen LogP contribution >= 0.6 is 11.6 Å². The average molecular weight is 355 g/mol. The molecule has 126 valence electrons. The number of fused-ring (bicyclic) bond motifs is 1. The van der Waals surface area contributed by atoms with Crippen LogP contribution in [0.2, 0.25) is 5.02 Å². The molecule has 0 N–H and O–H groups in total. The first-order valence-electron chi connectivity index (χ1n) is 7.68. The Hall–Kier alpha value is -2.85. The highest BCUT2D eigenvalue weighted by molar-refractivity contribution is 6.30. The topological polar surface area (TPSA) is 52.6 Å². The third-order valence-corrected chi connectivity index (χ3v) is 3.88. The van der Waals surface area contributed by atoms with E-state index >= 15 is 0 Å². The van der Waals surface area contributed by atoms with Crippen LogP contribution in [0.3, 0.4) is 0 Å². The molecule has 0 radical (unpaired) electrons. The van der Waals surface area contributed by atoms with Crippen molar-refractivity contribution in [3.8, 4) is 5.75 Å². The Morgan fingerprint density at radius 1 is 0.840 bits per heavy atom. The van der Waals surface area contributed by atoms with Gasteiger partial charge in [-0.15, -0.1) is 0 Å². The van der Waals surface area contributed by atoms with Gasteiger partial charge in [-0.2, -0.15) is 0 Å². The lowest BCUT2D eigenvalue weighted by Gasteiger charge is -2.09. The van der Waals surface area contributed by atoms with Gasteiger partial charge in [0, 0.05) is 16.0 Å². The highest BCUT2D eigenvalue weighted by atomic mass is 35.5. The molecule has 25 heavy (non-hydrogen) atoms. The van der Waals surface area contributed by atoms with Crippen LogP contribution in [0, 0.1) is 0 Å². The second-order valence-electron chi connectivity index (χ2n) is 5.36. The number of esters is 1. The Kier molecular flexibility index (Phi) is 5.31. The summed E-state index contributed by atoms with van der Waals surface area (Å²) in [6.45, 7) is -0.596. The average Bonchev–Trinajstić information content (AvgIpc) is 2.65. The minimum Gasteiger partial charge on any atom is -0.481 e. The molecule has 3 aromatic carbocycles. The smallest absolute Gasteiger partial charge is 0.344 e. The molecule has 0 atom stereocenters. The number of rotatable bonds is 6. The van der Waals surface area contributed by atoms with Gasteiger partial charge in [0.1, 0.15) is 5.75 Å². The monoisotopic (exact) mass is 354 g/mol. The number of carbonyl (C=O) groups excluding carboxylic acids is 2. The molecule has 0 aliphatic heterocycles. The molecule has 4 nitrogen and oxygen atoms in total. The van der Waals surface area contributed by atoms with Gasteiger partial charge >= 0.3 is 5.97 Å². The normalized spacial score (nSPS) is 10.4. The first-order valence-corrected chi connectivity index (χ1v) is 8.06. The van der Waals surface area contributed by atoms with Crippen molar-refractivity contribution in [2.24, 2.45) is 0 Å². The second-order valence-corrected chi connectivity index (χ2v) is 5.79. The molecule has 0 saturated carbocycles. The van der Waals surface area contributed by atoms with Crippen LogP contribution in [-0.2, 0) is 9.53 Å². The standard InChI is InChI=1S/C20H15ClO4/c21-16-10-8-15(9-11-16)18(22)12-25-20(23)13-24-19-7-3-5-14-4-1-2-6-17(14)19/h1-11H,12-13H2. The van der Waals surface area contributed by atoms with Crippen LogP contribution < -0.4 is 4.74 Å². The number of ether oxygens (including phenoxy) is 2. The summed E-state index contributed by atoms with van der Waals surface area (Å²) in [6, 6.07) is 19.7. The van der Waals surface area contributed by atoms with Crippen molar-refractivity contribution < 1.29 is 19.1 Å². The van der Waals surface area contributed by atoms with E-state index in [0.717, 1.165) is 10.8 Å². The summed E-state index contributed by atoms with van der Waals surface area (Å²) in [6.07, 6.45) is 0. The Balaban J connectivity index is 1.54. The summed E-state index contributed by atoms with van der Waals surface area (Å²) in [4.78, 5) is 23.8. The second kappa shape index (κ2) is 7.81. The van der Waals surface area contributed by atoms with Crippen LogP contribution in [-0.4, -0.2) is 25.0 Å². The van der Waals surface area contributed by atoms with Gasteiger partial charge in [-0.3, -0.25) is 4.79 Å². The Labute approximate surface area is 149 Å². The molecular weight excluding hydrogens is 340 g/mol. The Morgan fingerprint density at radius 3 is 2.36 bits per heavy atom. The number of hydrogen-bond donors (Lipinski definition) is 0. The van der Waals surface area contributed by atoms with E-state index in [9.17, 15) is 9.59 Å². The number of ketones is 1. The molecule has 3 rings (SSSR count). The Bertz CT molecular complexity index is 898. The molecule has 3 aromatic rings. The summed E-state index contributed by atoms with van der Waals surface area (Å²) in [5.41, 5.74) is 0.437. The van der Waals surface area contributed by atoms with E-state index in [1.807, 2.05) is 36.4 Å². The van der Waals surface area contributed by atoms with E-state index in [1.54, 1.807) is 30.3 Å². The summed E-state index contributed by atoms with van der Waals surface area (Å²) in [7, 11) is 0. The summed E-state index contributed by atoms with van der Waals surface area (Å²) >= 11 is 5.77. The number of halogens is 1. The number of carbonyl (C=O) groups is 2. The van der Waals surface area contributed by atoms with Crippen molar-refractivity contribution in [3.05, 3.63) is 77.3 Å². The molecule has 0 bridgehead atoms. The maximum absolute atomic E-state index is 11.9. The van der Waals surface area contributed by atoms with Gasteiger partial charge in [-0.05, 0) is 35.7 Å². The van der Waals surface area contributed by atoms with Gasteiger partial charge < -0.3 is 9.47 Å². The van der Waals surface area contributed by atoms with E-state index in [2.05, 4.69) is 0 Å². The first-order chi connectivity index (χ1) is 12.1.